The van der Waals surface area contributed by atoms with Gasteiger partial charge in [0.25, 0.3) is 0 Å². The Hall–Kier alpha value is -1.80. The van der Waals surface area contributed by atoms with Crippen molar-refractivity contribution in [3.8, 4) is 0 Å². The first-order valence-corrected chi connectivity index (χ1v) is 6.71. The van der Waals surface area contributed by atoms with Gasteiger partial charge in [0, 0.05) is 17.9 Å². The number of anilines is 2. The molecule has 0 aliphatic carbocycles. The number of nitrogens with zero attached hydrogens (tertiary/aromatic N) is 1. The molecule has 1 N–H and O–H groups in total. The van der Waals surface area contributed by atoms with Gasteiger partial charge in [0.1, 0.15) is 0 Å². The SMILES string of the molecule is CCN(c1ccccc1C)c1ccc(CO)cc1C. The number of para-hydroxylation sites is 1. The van der Waals surface area contributed by atoms with Crippen molar-refractivity contribution < 1.29 is 5.11 Å². The largest absolute Gasteiger partial charge is 0.392 e. The molecule has 0 bridgehead atoms. The first-order valence-electron chi connectivity index (χ1n) is 6.71. The van der Waals surface area contributed by atoms with Crippen LogP contribution in [0.4, 0.5) is 11.4 Å². The molecule has 19 heavy (non-hydrogen) atoms. The summed E-state index contributed by atoms with van der Waals surface area (Å²) in [6, 6.07) is 14.6. The fraction of sp³-hybridized carbons (Fsp3) is 0.294. The van der Waals surface area contributed by atoms with Crippen molar-refractivity contribution in [3.63, 3.8) is 0 Å². The number of aryl methyl sites for hydroxylation is 2. The Kier molecular flexibility index (Phi) is 4.23. The summed E-state index contributed by atoms with van der Waals surface area (Å²) < 4.78 is 0. The number of hydrogen-bond donors (Lipinski definition) is 1. The molecule has 0 radical (unpaired) electrons. The predicted octanol–water partition coefficient (Wildman–Crippen LogP) is 3.95. The minimum atomic E-state index is 0.0949. The predicted molar refractivity (Wildman–Crippen MR) is 81.0 cm³/mol. The molecule has 2 nitrogen and oxygen atoms in total. The van der Waals surface area contributed by atoms with Gasteiger partial charge in [-0.2, -0.15) is 0 Å². The molecular formula is C17H21NO. The third-order valence-electron chi connectivity index (χ3n) is 3.46. The van der Waals surface area contributed by atoms with Gasteiger partial charge < -0.3 is 10.0 Å². The second kappa shape index (κ2) is 5.89. The second-order valence-electron chi connectivity index (χ2n) is 4.81. The van der Waals surface area contributed by atoms with Crippen molar-refractivity contribution in [1.29, 1.82) is 0 Å². The molecule has 0 aromatic heterocycles. The van der Waals surface area contributed by atoms with Crippen molar-refractivity contribution >= 4 is 11.4 Å². The number of aliphatic hydroxyl groups excluding tert-OH is 1. The molecule has 0 aliphatic rings. The zero-order valence-corrected chi connectivity index (χ0v) is 11.9. The van der Waals surface area contributed by atoms with E-state index in [1.165, 1.54) is 22.5 Å². The van der Waals surface area contributed by atoms with E-state index >= 15 is 0 Å². The van der Waals surface area contributed by atoms with Crippen LogP contribution in [0.5, 0.6) is 0 Å². The lowest BCUT2D eigenvalue weighted by atomic mass is 10.1. The Morgan fingerprint density at radius 1 is 0.947 bits per heavy atom. The van der Waals surface area contributed by atoms with E-state index in [1.54, 1.807) is 0 Å². The Balaban J connectivity index is 2.46. The van der Waals surface area contributed by atoms with Gasteiger partial charge in [-0.15, -0.1) is 0 Å². The highest BCUT2D eigenvalue weighted by Crippen LogP contribution is 2.30. The quantitative estimate of drug-likeness (QED) is 0.894. The van der Waals surface area contributed by atoms with E-state index in [2.05, 4.69) is 62.1 Å². The summed E-state index contributed by atoms with van der Waals surface area (Å²) in [4.78, 5) is 2.31. The van der Waals surface area contributed by atoms with Crippen LogP contribution in [-0.4, -0.2) is 11.7 Å². The zero-order chi connectivity index (χ0) is 13.8. The van der Waals surface area contributed by atoms with Crippen LogP contribution in [0.2, 0.25) is 0 Å². The Labute approximate surface area is 115 Å². The molecule has 0 fully saturated rings. The summed E-state index contributed by atoms with van der Waals surface area (Å²) >= 11 is 0. The molecule has 0 saturated heterocycles. The van der Waals surface area contributed by atoms with Crippen molar-refractivity contribution in [2.75, 3.05) is 11.4 Å². The summed E-state index contributed by atoms with van der Waals surface area (Å²) in [6.45, 7) is 7.40. The van der Waals surface area contributed by atoms with Crippen molar-refractivity contribution in [3.05, 3.63) is 59.2 Å². The average Bonchev–Trinajstić information content (AvgIpc) is 2.43. The maximum atomic E-state index is 9.20. The smallest absolute Gasteiger partial charge is 0.0681 e. The maximum absolute atomic E-state index is 9.20. The van der Waals surface area contributed by atoms with E-state index in [1.807, 2.05) is 6.07 Å². The van der Waals surface area contributed by atoms with Gasteiger partial charge in [0.15, 0.2) is 0 Å². The summed E-state index contributed by atoms with van der Waals surface area (Å²) in [5.74, 6) is 0. The lowest BCUT2D eigenvalue weighted by Crippen LogP contribution is -2.18. The fourth-order valence-electron chi connectivity index (χ4n) is 2.46. The van der Waals surface area contributed by atoms with Crippen LogP contribution in [0.15, 0.2) is 42.5 Å². The van der Waals surface area contributed by atoms with Gasteiger partial charge in [-0.1, -0.05) is 30.3 Å². The second-order valence-corrected chi connectivity index (χ2v) is 4.81. The fourth-order valence-corrected chi connectivity index (χ4v) is 2.46. The van der Waals surface area contributed by atoms with E-state index in [4.69, 9.17) is 0 Å². The van der Waals surface area contributed by atoms with E-state index in [9.17, 15) is 5.11 Å². The van der Waals surface area contributed by atoms with Crippen LogP contribution < -0.4 is 4.90 Å². The summed E-state index contributed by atoms with van der Waals surface area (Å²) in [5, 5.41) is 9.20. The third-order valence-corrected chi connectivity index (χ3v) is 3.46. The van der Waals surface area contributed by atoms with Gasteiger partial charge in [-0.3, -0.25) is 0 Å². The van der Waals surface area contributed by atoms with Crippen LogP contribution in [0.1, 0.15) is 23.6 Å². The van der Waals surface area contributed by atoms with Crippen LogP contribution in [-0.2, 0) is 6.61 Å². The van der Waals surface area contributed by atoms with E-state index in [-0.39, 0.29) is 6.61 Å². The molecule has 100 valence electrons. The van der Waals surface area contributed by atoms with Gasteiger partial charge in [-0.05, 0) is 49.6 Å². The Morgan fingerprint density at radius 3 is 2.21 bits per heavy atom. The molecule has 0 unspecified atom stereocenters. The van der Waals surface area contributed by atoms with E-state index < -0.39 is 0 Å². The highest BCUT2D eigenvalue weighted by molar-refractivity contribution is 5.69. The van der Waals surface area contributed by atoms with Crippen LogP contribution in [0, 0.1) is 13.8 Å². The zero-order valence-electron chi connectivity index (χ0n) is 11.9. The first-order chi connectivity index (χ1) is 9.17. The highest BCUT2D eigenvalue weighted by atomic mass is 16.3. The first kappa shape index (κ1) is 13.6. The number of rotatable bonds is 4. The van der Waals surface area contributed by atoms with E-state index in [0.29, 0.717) is 0 Å². The summed E-state index contributed by atoms with van der Waals surface area (Å²) in [7, 11) is 0. The standard InChI is InChI=1S/C17H21NO/c1-4-18(16-8-6-5-7-13(16)2)17-10-9-15(12-19)11-14(17)3/h5-11,19H,4,12H2,1-3H3. The third kappa shape index (κ3) is 2.79. The number of benzene rings is 2. The maximum Gasteiger partial charge on any atom is 0.0681 e. The topological polar surface area (TPSA) is 23.5 Å². The average molecular weight is 255 g/mol. The molecule has 2 heteroatoms. The summed E-state index contributed by atoms with van der Waals surface area (Å²) in [6.07, 6.45) is 0. The molecule has 0 aliphatic heterocycles. The molecule has 2 rings (SSSR count). The van der Waals surface area contributed by atoms with Crippen molar-refractivity contribution in [2.24, 2.45) is 0 Å². The van der Waals surface area contributed by atoms with Crippen LogP contribution in [0.25, 0.3) is 0 Å². The van der Waals surface area contributed by atoms with Crippen LogP contribution in [0.3, 0.4) is 0 Å². The molecule has 0 spiro atoms. The van der Waals surface area contributed by atoms with Crippen LogP contribution >= 0.6 is 0 Å². The molecular weight excluding hydrogens is 234 g/mol. The lowest BCUT2D eigenvalue weighted by Gasteiger charge is -2.27. The molecule has 2 aromatic rings. The Morgan fingerprint density at radius 2 is 1.63 bits per heavy atom. The van der Waals surface area contributed by atoms with Gasteiger partial charge >= 0.3 is 0 Å². The normalized spacial score (nSPS) is 10.5. The molecule has 0 saturated carbocycles. The minimum absolute atomic E-state index is 0.0949. The molecule has 0 amide bonds. The monoisotopic (exact) mass is 255 g/mol. The summed E-state index contributed by atoms with van der Waals surface area (Å²) in [5.41, 5.74) is 5.87. The van der Waals surface area contributed by atoms with Crippen molar-refractivity contribution in [2.45, 2.75) is 27.4 Å². The number of hydrogen-bond acceptors (Lipinski definition) is 2. The van der Waals surface area contributed by atoms with E-state index in [0.717, 1.165) is 12.1 Å². The minimum Gasteiger partial charge on any atom is -0.392 e. The molecule has 0 atom stereocenters. The van der Waals surface area contributed by atoms with Crippen molar-refractivity contribution in [1.82, 2.24) is 0 Å². The van der Waals surface area contributed by atoms with Gasteiger partial charge in [0.05, 0.1) is 6.61 Å². The molecule has 2 aromatic carbocycles. The highest BCUT2D eigenvalue weighted by Gasteiger charge is 2.11. The van der Waals surface area contributed by atoms with Gasteiger partial charge in [0.2, 0.25) is 0 Å². The molecule has 0 heterocycles. The Bertz CT molecular complexity index is 563. The van der Waals surface area contributed by atoms with Gasteiger partial charge in [-0.25, -0.2) is 0 Å². The lowest BCUT2D eigenvalue weighted by molar-refractivity contribution is 0.282. The number of aliphatic hydroxyl groups is 1.